The van der Waals surface area contributed by atoms with Gasteiger partial charge in [-0.1, -0.05) is 6.07 Å². The van der Waals surface area contributed by atoms with E-state index >= 15 is 0 Å². The third kappa shape index (κ3) is 6.04. The van der Waals surface area contributed by atoms with Crippen LogP contribution >= 0.6 is 0 Å². The Morgan fingerprint density at radius 2 is 1.88 bits per heavy atom. The number of hydrogen-bond donors (Lipinski definition) is 1. The Balaban J connectivity index is 1.78. The van der Waals surface area contributed by atoms with E-state index in [1.54, 1.807) is 0 Å². The highest BCUT2D eigenvalue weighted by Crippen LogP contribution is 2.28. The summed E-state index contributed by atoms with van der Waals surface area (Å²) in [5.74, 6) is 2.14. The molecule has 1 aromatic carbocycles. The van der Waals surface area contributed by atoms with Gasteiger partial charge in [0.25, 0.3) is 0 Å². The van der Waals surface area contributed by atoms with E-state index in [2.05, 4.69) is 5.32 Å². The van der Waals surface area contributed by atoms with E-state index in [1.165, 1.54) is 0 Å². The van der Waals surface area contributed by atoms with Gasteiger partial charge in [0.2, 0.25) is 5.91 Å². The van der Waals surface area contributed by atoms with Crippen LogP contribution in [-0.2, 0) is 16.0 Å². The van der Waals surface area contributed by atoms with Crippen LogP contribution in [0.2, 0.25) is 0 Å². The first-order valence-corrected chi connectivity index (χ1v) is 8.95. The van der Waals surface area contributed by atoms with Crippen molar-refractivity contribution in [2.45, 2.75) is 39.5 Å². The van der Waals surface area contributed by atoms with Crippen LogP contribution in [0.15, 0.2) is 18.2 Å². The summed E-state index contributed by atoms with van der Waals surface area (Å²) in [6.07, 6.45) is 3.37. The fraction of sp³-hybridized carbons (Fsp3) is 0.632. The number of rotatable bonds is 9. The van der Waals surface area contributed by atoms with Crippen LogP contribution in [-0.4, -0.2) is 38.9 Å². The van der Waals surface area contributed by atoms with Crippen LogP contribution in [0.1, 0.15) is 38.7 Å². The zero-order valence-electron chi connectivity index (χ0n) is 14.8. The molecule has 0 aromatic heterocycles. The molecule has 1 aromatic rings. The third-order valence-electron chi connectivity index (χ3n) is 4.16. The predicted octanol–water partition coefficient (Wildman–Crippen LogP) is 2.96. The molecule has 1 amide bonds. The van der Waals surface area contributed by atoms with Crippen molar-refractivity contribution in [3.63, 3.8) is 0 Å². The first kappa shape index (κ1) is 18.6. The minimum Gasteiger partial charge on any atom is -0.490 e. The second-order valence-corrected chi connectivity index (χ2v) is 6.01. The molecule has 24 heavy (non-hydrogen) atoms. The molecule has 0 atom stereocenters. The highest BCUT2D eigenvalue weighted by Gasteiger charge is 2.17. The van der Waals surface area contributed by atoms with Crippen molar-refractivity contribution in [3.05, 3.63) is 23.8 Å². The van der Waals surface area contributed by atoms with Gasteiger partial charge in [-0.05, 0) is 56.7 Å². The van der Waals surface area contributed by atoms with E-state index < -0.39 is 0 Å². The molecule has 1 aliphatic rings. The second kappa shape index (κ2) is 10.2. The van der Waals surface area contributed by atoms with Crippen LogP contribution in [0.4, 0.5) is 0 Å². The van der Waals surface area contributed by atoms with Gasteiger partial charge in [-0.3, -0.25) is 4.79 Å². The largest absolute Gasteiger partial charge is 0.490 e. The van der Waals surface area contributed by atoms with E-state index in [4.69, 9.17) is 14.2 Å². The van der Waals surface area contributed by atoms with E-state index in [-0.39, 0.29) is 5.91 Å². The molecular formula is C19H29NO4. The number of amides is 1. The van der Waals surface area contributed by atoms with E-state index in [0.717, 1.165) is 49.5 Å². The Bertz CT molecular complexity index is 512. The maximum absolute atomic E-state index is 12.0. The smallest absolute Gasteiger partial charge is 0.220 e. The fourth-order valence-electron chi connectivity index (χ4n) is 2.88. The van der Waals surface area contributed by atoms with Crippen molar-refractivity contribution in [3.8, 4) is 11.5 Å². The molecule has 2 rings (SSSR count). The Morgan fingerprint density at radius 1 is 1.17 bits per heavy atom. The summed E-state index contributed by atoms with van der Waals surface area (Å²) in [7, 11) is 0. The number of hydrogen-bond acceptors (Lipinski definition) is 4. The normalized spacial score (nSPS) is 15.1. The van der Waals surface area contributed by atoms with Gasteiger partial charge in [-0.15, -0.1) is 0 Å². The molecular weight excluding hydrogens is 306 g/mol. The second-order valence-electron chi connectivity index (χ2n) is 6.01. The van der Waals surface area contributed by atoms with Crippen LogP contribution in [0.3, 0.4) is 0 Å². The Labute approximate surface area is 144 Å². The summed E-state index contributed by atoms with van der Waals surface area (Å²) in [5, 5.41) is 3.02. The Kier molecular flexibility index (Phi) is 7.89. The van der Waals surface area contributed by atoms with Gasteiger partial charge in [-0.25, -0.2) is 0 Å². The average Bonchev–Trinajstić information content (AvgIpc) is 2.58. The monoisotopic (exact) mass is 335 g/mol. The van der Waals surface area contributed by atoms with E-state index in [1.807, 2.05) is 32.0 Å². The molecule has 5 nitrogen and oxygen atoms in total. The minimum atomic E-state index is 0.137. The minimum absolute atomic E-state index is 0.137. The highest BCUT2D eigenvalue weighted by molar-refractivity contribution is 5.76. The predicted molar refractivity (Wildman–Crippen MR) is 93.7 cm³/mol. The van der Waals surface area contributed by atoms with Crippen molar-refractivity contribution in [1.82, 2.24) is 5.32 Å². The van der Waals surface area contributed by atoms with Crippen molar-refractivity contribution in [2.24, 2.45) is 5.92 Å². The summed E-state index contributed by atoms with van der Waals surface area (Å²) in [5.41, 5.74) is 1.13. The molecule has 1 N–H and O–H groups in total. The molecule has 5 heteroatoms. The van der Waals surface area contributed by atoms with Crippen molar-refractivity contribution in [1.29, 1.82) is 0 Å². The van der Waals surface area contributed by atoms with Crippen molar-refractivity contribution >= 4 is 5.91 Å². The molecule has 0 bridgehead atoms. The maximum Gasteiger partial charge on any atom is 0.220 e. The van der Waals surface area contributed by atoms with Crippen LogP contribution in [0.5, 0.6) is 11.5 Å². The number of ether oxygens (including phenoxy) is 3. The summed E-state index contributed by atoms with van der Waals surface area (Å²) in [6, 6.07) is 5.96. The van der Waals surface area contributed by atoms with Crippen LogP contribution in [0.25, 0.3) is 0 Å². The molecule has 0 radical (unpaired) electrons. The van der Waals surface area contributed by atoms with Gasteiger partial charge >= 0.3 is 0 Å². The lowest BCUT2D eigenvalue weighted by molar-refractivity contribution is -0.122. The molecule has 0 unspecified atom stereocenters. The van der Waals surface area contributed by atoms with Gasteiger partial charge in [-0.2, -0.15) is 0 Å². The number of nitrogens with one attached hydrogen (secondary N) is 1. The van der Waals surface area contributed by atoms with Crippen LogP contribution in [0, 0.1) is 5.92 Å². The lowest BCUT2D eigenvalue weighted by Crippen LogP contribution is -2.29. The summed E-state index contributed by atoms with van der Waals surface area (Å²) >= 11 is 0. The molecule has 0 aliphatic carbocycles. The molecule has 134 valence electrons. The van der Waals surface area contributed by atoms with Gasteiger partial charge in [0.1, 0.15) is 0 Å². The van der Waals surface area contributed by atoms with Gasteiger partial charge in [0.05, 0.1) is 13.2 Å². The maximum atomic E-state index is 12.0. The summed E-state index contributed by atoms with van der Waals surface area (Å²) in [6.45, 7) is 7.33. The number of carbonyl (C=O) groups is 1. The Hall–Kier alpha value is -1.75. The molecule has 0 saturated carbocycles. The molecule has 0 spiro atoms. The molecule has 1 fully saturated rings. The highest BCUT2D eigenvalue weighted by atomic mass is 16.5. The average molecular weight is 335 g/mol. The SMILES string of the molecule is CCOc1ccc(CCNC(=O)CC2CCOCC2)cc1OCC. The van der Waals surface area contributed by atoms with Gasteiger partial charge < -0.3 is 19.5 Å². The number of benzene rings is 1. The van der Waals surface area contributed by atoms with Crippen molar-refractivity contribution < 1.29 is 19.0 Å². The van der Waals surface area contributed by atoms with Crippen molar-refractivity contribution in [2.75, 3.05) is 33.0 Å². The molecule has 1 aliphatic heterocycles. The molecule has 1 saturated heterocycles. The summed E-state index contributed by atoms with van der Waals surface area (Å²) < 4.78 is 16.5. The fourth-order valence-corrected chi connectivity index (χ4v) is 2.88. The Morgan fingerprint density at radius 3 is 2.58 bits per heavy atom. The lowest BCUT2D eigenvalue weighted by Gasteiger charge is -2.21. The summed E-state index contributed by atoms with van der Waals surface area (Å²) in [4.78, 5) is 12.0. The lowest BCUT2D eigenvalue weighted by atomic mass is 9.96. The quantitative estimate of drug-likeness (QED) is 0.754. The van der Waals surface area contributed by atoms with Crippen LogP contribution < -0.4 is 14.8 Å². The van der Waals surface area contributed by atoms with Gasteiger partial charge in [0.15, 0.2) is 11.5 Å². The van der Waals surface area contributed by atoms with E-state index in [9.17, 15) is 4.79 Å². The zero-order chi connectivity index (χ0) is 17.2. The molecule has 1 heterocycles. The first-order chi connectivity index (χ1) is 11.7. The number of carbonyl (C=O) groups excluding carboxylic acids is 1. The third-order valence-corrected chi connectivity index (χ3v) is 4.16. The standard InChI is InChI=1S/C19H29NO4/c1-3-23-17-6-5-15(13-18(17)24-4-2)7-10-20-19(21)14-16-8-11-22-12-9-16/h5-6,13,16H,3-4,7-12,14H2,1-2H3,(H,20,21). The van der Waals surface area contributed by atoms with Gasteiger partial charge in [0, 0.05) is 26.2 Å². The topological polar surface area (TPSA) is 56.8 Å². The van der Waals surface area contributed by atoms with E-state index in [0.29, 0.717) is 32.1 Å². The zero-order valence-corrected chi connectivity index (χ0v) is 14.8. The first-order valence-electron chi connectivity index (χ1n) is 8.95.